The van der Waals surface area contributed by atoms with Crippen LogP contribution in [0.25, 0.3) is 0 Å². The van der Waals surface area contributed by atoms with Crippen LogP contribution >= 0.6 is 0 Å². The number of nitrogens with zero attached hydrogens (tertiary/aromatic N) is 3. The molecule has 0 bridgehead atoms. The second kappa shape index (κ2) is 6.34. The van der Waals surface area contributed by atoms with Crippen molar-refractivity contribution in [2.24, 2.45) is 0 Å². The molecule has 2 aromatic carbocycles. The van der Waals surface area contributed by atoms with Gasteiger partial charge in [-0.05, 0) is 11.6 Å². The number of carbonyl (C=O) groups excluding carboxylic acids is 1. The van der Waals surface area contributed by atoms with Crippen LogP contribution in [-0.4, -0.2) is 40.6 Å². The van der Waals surface area contributed by atoms with Crippen molar-refractivity contribution in [1.82, 2.24) is 14.9 Å². The van der Waals surface area contributed by atoms with Gasteiger partial charge >= 0.3 is 0 Å². The van der Waals surface area contributed by atoms with Crippen LogP contribution in [0.5, 0.6) is 0 Å². The molecule has 2 heterocycles. The first kappa shape index (κ1) is 15.3. The Labute approximate surface area is 141 Å². The van der Waals surface area contributed by atoms with Crippen molar-refractivity contribution in [3.8, 4) is 0 Å². The highest BCUT2D eigenvalue weighted by atomic mass is 19.1. The number of hydrazine groups is 1. The van der Waals surface area contributed by atoms with E-state index in [4.69, 9.17) is 0 Å². The van der Waals surface area contributed by atoms with Gasteiger partial charge in [-0.15, -0.1) is 0 Å². The first-order valence-corrected chi connectivity index (χ1v) is 8.30. The molecule has 0 radical (unpaired) electrons. The Morgan fingerprint density at radius 1 is 1.04 bits per heavy atom. The van der Waals surface area contributed by atoms with Crippen LogP contribution in [0, 0.1) is 5.82 Å². The molecule has 4 rings (SSSR count). The average Bonchev–Trinajstić information content (AvgIpc) is 2.97. The molecule has 0 spiro atoms. The lowest BCUT2D eigenvalue weighted by atomic mass is 10.0. The van der Waals surface area contributed by atoms with Crippen LogP contribution in [-0.2, 0) is 11.3 Å². The van der Waals surface area contributed by atoms with Gasteiger partial charge < -0.3 is 0 Å². The number of fused-ring (bicyclic) bond motifs is 1. The summed E-state index contributed by atoms with van der Waals surface area (Å²) in [7, 11) is 0. The van der Waals surface area contributed by atoms with Crippen molar-refractivity contribution in [3.63, 3.8) is 0 Å². The molecule has 2 fully saturated rings. The molecule has 0 aliphatic carbocycles. The Balaban J connectivity index is 1.62. The molecule has 2 saturated heterocycles. The lowest BCUT2D eigenvalue weighted by Gasteiger charge is -2.45. The maximum atomic E-state index is 14.3. The van der Waals surface area contributed by atoms with Crippen LogP contribution in [0.1, 0.15) is 23.6 Å². The molecule has 1 atom stereocenters. The van der Waals surface area contributed by atoms with Crippen LogP contribution < -0.4 is 0 Å². The third-order valence-electron chi connectivity index (χ3n) is 4.79. The normalized spacial score (nSPS) is 22.0. The summed E-state index contributed by atoms with van der Waals surface area (Å²) >= 11 is 0. The van der Waals surface area contributed by atoms with E-state index < -0.39 is 0 Å². The molecular formula is C19H20FN3O. The van der Waals surface area contributed by atoms with Gasteiger partial charge in [-0.1, -0.05) is 48.5 Å². The van der Waals surface area contributed by atoms with Gasteiger partial charge in [-0.3, -0.25) is 14.7 Å². The van der Waals surface area contributed by atoms with Crippen molar-refractivity contribution < 1.29 is 9.18 Å². The minimum Gasteiger partial charge on any atom is -0.278 e. The van der Waals surface area contributed by atoms with Crippen molar-refractivity contribution >= 4 is 5.91 Å². The molecule has 2 aromatic rings. The average molecular weight is 325 g/mol. The summed E-state index contributed by atoms with van der Waals surface area (Å²) in [5, 5.41) is 3.81. The van der Waals surface area contributed by atoms with Gasteiger partial charge in [-0.2, -0.15) is 0 Å². The quantitative estimate of drug-likeness (QED) is 0.868. The van der Waals surface area contributed by atoms with Gasteiger partial charge in [0.25, 0.3) is 0 Å². The molecule has 0 N–H and O–H groups in total. The first-order valence-electron chi connectivity index (χ1n) is 8.30. The molecular weight excluding hydrogens is 305 g/mol. The van der Waals surface area contributed by atoms with Crippen LogP contribution in [0.3, 0.4) is 0 Å². The van der Waals surface area contributed by atoms with Gasteiger partial charge in [0.1, 0.15) is 5.82 Å². The van der Waals surface area contributed by atoms with Gasteiger partial charge in [0, 0.05) is 31.6 Å². The molecule has 0 saturated carbocycles. The second-order valence-corrected chi connectivity index (χ2v) is 6.38. The predicted octanol–water partition coefficient (Wildman–Crippen LogP) is 2.79. The van der Waals surface area contributed by atoms with Crippen molar-refractivity contribution in [1.29, 1.82) is 0 Å². The van der Waals surface area contributed by atoms with E-state index in [0.29, 0.717) is 31.7 Å². The van der Waals surface area contributed by atoms with E-state index in [9.17, 15) is 9.18 Å². The SMILES string of the molecule is O=C1CCN2C(c3ccccc3F)CN(Cc3ccccc3)CN12. The summed E-state index contributed by atoms with van der Waals surface area (Å²) in [6, 6.07) is 16.9. The summed E-state index contributed by atoms with van der Waals surface area (Å²) < 4.78 is 14.3. The van der Waals surface area contributed by atoms with Crippen LogP contribution in [0.4, 0.5) is 4.39 Å². The highest BCUT2D eigenvalue weighted by Crippen LogP contribution is 2.33. The van der Waals surface area contributed by atoms with E-state index >= 15 is 0 Å². The Morgan fingerprint density at radius 2 is 1.79 bits per heavy atom. The fraction of sp³-hybridized carbons (Fsp3) is 0.316. The molecule has 1 unspecified atom stereocenters. The highest BCUT2D eigenvalue weighted by Gasteiger charge is 2.41. The van der Waals surface area contributed by atoms with Gasteiger partial charge in [-0.25, -0.2) is 9.40 Å². The molecule has 1 amide bonds. The Morgan fingerprint density at radius 3 is 2.58 bits per heavy atom. The van der Waals surface area contributed by atoms with E-state index in [1.165, 1.54) is 11.6 Å². The number of carbonyl (C=O) groups is 1. The Kier molecular flexibility index (Phi) is 4.04. The Hall–Kier alpha value is -2.24. The van der Waals surface area contributed by atoms with Crippen LogP contribution in [0.15, 0.2) is 54.6 Å². The summed E-state index contributed by atoms with van der Waals surface area (Å²) in [4.78, 5) is 14.4. The minimum atomic E-state index is -0.205. The summed E-state index contributed by atoms with van der Waals surface area (Å²) in [6.45, 7) is 2.69. The largest absolute Gasteiger partial charge is 0.278 e. The summed E-state index contributed by atoms with van der Waals surface area (Å²) in [6.07, 6.45) is 0.504. The van der Waals surface area contributed by atoms with E-state index in [-0.39, 0.29) is 17.8 Å². The highest BCUT2D eigenvalue weighted by molar-refractivity contribution is 5.77. The molecule has 124 valence electrons. The maximum absolute atomic E-state index is 14.3. The van der Waals surface area contributed by atoms with Crippen molar-refractivity contribution in [2.45, 2.75) is 19.0 Å². The number of hydrogen-bond acceptors (Lipinski definition) is 3. The van der Waals surface area contributed by atoms with Gasteiger partial charge in [0.15, 0.2) is 0 Å². The fourth-order valence-corrected chi connectivity index (χ4v) is 3.63. The zero-order chi connectivity index (χ0) is 16.5. The van der Waals surface area contributed by atoms with Crippen LogP contribution in [0.2, 0.25) is 0 Å². The molecule has 2 aliphatic rings. The lowest BCUT2D eigenvalue weighted by Crippen LogP contribution is -2.55. The monoisotopic (exact) mass is 325 g/mol. The first-order chi connectivity index (χ1) is 11.7. The third kappa shape index (κ3) is 2.81. The lowest BCUT2D eigenvalue weighted by molar-refractivity contribution is -0.158. The summed E-state index contributed by atoms with van der Waals surface area (Å²) in [5.74, 6) is -0.0857. The number of benzene rings is 2. The van der Waals surface area contributed by atoms with E-state index in [1.54, 1.807) is 11.1 Å². The van der Waals surface area contributed by atoms with E-state index in [0.717, 1.165) is 6.54 Å². The van der Waals surface area contributed by atoms with E-state index in [1.807, 2.05) is 35.3 Å². The summed E-state index contributed by atoms with van der Waals surface area (Å²) in [5.41, 5.74) is 1.86. The fourth-order valence-electron chi connectivity index (χ4n) is 3.63. The van der Waals surface area contributed by atoms with Gasteiger partial charge in [0.05, 0.1) is 12.7 Å². The molecule has 2 aliphatic heterocycles. The second-order valence-electron chi connectivity index (χ2n) is 6.38. The number of rotatable bonds is 3. The zero-order valence-electron chi connectivity index (χ0n) is 13.4. The minimum absolute atomic E-state index is 0.120. The topological polar surface area (TPSA) is 26.8 Å². The number of amides is 1. The predicted molar refractivity (Wildman–Crippen MR) is 89.0 cm³/mol. The van der Waals surface area contributed by atoms with E-state index in [2.05, 4.69) is 17.0 Å². The molecule has 5 heteroatoms. The molecule has 0 aromatic heterocycles. The van der Waals surface area contributed by atoms with Crippen molar-refractivity contribution in [3.05, 3.63) is 71.5 Å². The number of hydrogen-bond donors (Lipinski definition) is 0. The molecule has 4 nitrogen and oxygen atoms in total. The smallest absolute Gasteiger partial charge is 0.239 e. The standard InChI is InChI=1S/C19H20FN3O/c20-17-9-5-4-8-16(17)18-13-21(12-15-6-2-1-3-7-15)14-23-19(24)10-11-22(18)23/h1-9,18H,10-14H2. The zero-order valence-corrected chi connectivity index (χ0v) is 13.4. The maximum Gasteiger partial charge on any atom is 0.239 e. The third-order valence-corrected chi connectivity index (χ3v) is 4.79. The Bertz CT molecular complexity index is 736. The van der Waals surface area contributed by atoms with Gasteiger partial charge in [0.2, 0.25) is 5.91 Å². The molecule has 24 heavy (non-hydrogen) atoms. The number of halogens is 1. The van der Waals surface area contributed by atoms with Crippen molar-refractivity contribution in [2.75, 3.05) is 19.8 Å².